The van der Waals surface area contributed by atoms with Gasteiger partial charge >= 0.3 is 12.1 Å². The third kappa shape index (κ3) is 4.58. The number of hydrogen-bond donors (Lipinski definition) is 1. The molecule has 5 rings (SSSR count). The Morgan fingerprint density at radius 1 is 1.03 bits per heavy atom. The van der Waals surface area contributed by atoms with Gasteiger partial charge in [-0.15, -0.1) is 0 Å². The Bertz CT molecular complexity index is 1190. The van der Waals surface area contributed by atoms with Gasteiger partial charge in [0.2, 0.25) is 0 Å². The number of nitrogens with one attached hydrogen (secondary N) is 1. The number of nitrogens with zero attached hydrogens (tertiary/aromatic N) is 1. The summed E-state index contributed by atoms with van der Waals surface area (Å²) in [6.45, 7) is 1.98. The second-order valence-electron chi connectivity index (χ2n) is 8.37. The fraction of sp³-hybridized carbons (Fsp3) is 0.320. The summed E-state index contributed by atoms with van der Waals surface area (Å²) in [5.74, 6) is -4.62. The number of morpholine rings is 1. The Morgan fingerprint density at radius 3 is 2.46 bits per heavy atom. The predicted octanol–water partition coefficient (Wildman–Crippen LogP) is 4.91. The Kier molecular flexibility index (Phi) is 6.14. The van der Waals surface area contributed by atoms with Crippen LogP contribution in [0.3, 0.4) is 0 Å². The van der Waals surface area contributed by atoms with E-state index in [0.717, 1.165) is 11.1 Å². The molecule has 0 radical (unpaired) electrons. The van der Waals surface area contributed by atoms with E-state index in [2.05, 4.69) is 0 Å². The van der Waals surface area contributed by atoms with E-state index in [1.807, 2.05) is 46.6 Å². The van der Waals surface area contributed by atoms with Gasteiger partial charge < -0.3 is 19.1 Å². The molecule has 0 unspecified atom stereocenters. The van der Waals surface area contributed by atoms with E-state index >= 15 is 0 Å². The first-order valence-electron chi connectivity index (χ1n) is 11.1. The highest BCUT2D eigenvalue weighted by Crippen LogP contribution is 2.46. The van der Waals surface area contributed by atoms with Crippen molar-refractivity contribution in [3.8, 4) is 11.5 Å². The molecule has 0 spiro atoms. The van der Waals surface area contributed by atoms with E-state index in [-0.39, 0.29) is 28.5 Å². The first-order chi connectivity index (χ1) is 16.8. The average molecular weight is 507 g/mol. The SMILES string of the molecule is O=C(N[C@]1(C(F)(F)F)Oc2ccc(Cl)cc2O1)C1=C(N2CCOCC2)/C(=C\c2ccccc2)CC1. The van der Waals surface area contributed by atoms with E-state index in [1.165, 1.54) is 18.2 Å². The second kappa shape index (κ2) is 9.13. The highest BCUT2D eigenvalue weighted by Gasteiger charge is 2.66. The quantitative estimate of drug-likeness (QED) is 0.639. The van der Waals surface area contributed by atoms with Crippen LogP contribution in [-0.2, 0) is 9.53 Å². The van der Waals surface area contributed by atoms with Crippen LogP contribution in [0.4, 0.5) is 13.2 Å². The lowest BCUT2D eigenvalue weighted by atomic mass is 10.1. The normalized spacial score (nSPS) is 23.2. The topological polar surface area (TPSA) is 60.0 Å². The lowest BCUT2D eigenvalue weighted by Gasteiger charge is -2.33. The maximum absolute atomic E-state index is 14.2. The summed E-state index contributed by atoms with van der Waals surface area (Å²) in [6.07, 6.45) is -2.30. The molecular formula is C25H22ClF3N2O4. The highest BCUT2D eigenvalue weighted by atomic mass is 35.5. The highest BCUT2D eigenvalue weighted by molar-refractivity contribution is 6.30. The van der Waals surface area contributed by atoms with Gasteiger partial charge in [0.05, 0.1) is 13.2 Å². The molecule has 2 aromatic rings. The van der Waals surface area contributed by atoms with Crippen LogP contribution in [0.2, 0.25) is 5.02 Å². The number of alkyl halides is 3. The smallest absolute Gasteiger partial charge is 0.424 e. The Labute approximate surface area is 204 Å². The van der Waals surface area contributed by atoms with Crippen LogP contribution in [0.25, 0.3) is 6.08 Å². The molecule has 35 heavy (non-hydrogen) atoms. The van der Waals surface area contributed by atoms with Crippen molar-refractivity contribution in [3.63, 3.8) is 0 Å². The summed E-state index contributed by atoms with van der Waals surface area (Å²) < 4.78 is 58.3. The molecule has 1 N–H and O–H groups in total. The molecule has 2 heterocycles. The van der Waals surface area contributed by atoms with Crippen molar-refractivity contribution in [2.75, 3.05) is 26.3 Å². The number of benzene rings is 2. The van der Waals surface area contributed by atoms with Crippen molar-refractivity contribution in [1.29, 1.82) is 0 Å². The number of allylic oxidation sites excluding steroid dienone is 1. The van der Waals surface area contributed by atoms with Crippen LogP contribution in [-0.4, -0.2) is 49.2 Å². The zero-order valence-corrected chi connectivity index (χ0v) is 19.3. The van der Waals surface area contributed by atoms with Gasteiger partial charge in [0.1, 0.15) is 0 Å². The third-order valence-electron chi connectivity index (χ3n) is 6.04. The number of carbonyl (C=O) groups excluding carboxylic acids is 1. The summed E-state index contributed by atoms with van der Waals surface area (Å²) in [7, 11) is 0. The van der Waals surface area contributed by atoms with Gasteiger partial charge in [-0.1, -0.05) is 41.9 Å². The zero-order chi connectivity index (χ0) is 24.6. The maximum atomic E-state index is 14.2. The van der Waals surface area contributed by atoms with E-state index in [4.69, 9.17) is 25.8 Å². The molecule has 0 aromatic heterocycles. The predicted molar refractivity (Wildman–Crippen MR) is 123 cm³/mol. The van der Waals surface area contributed by atoms with Crippen LogP contribution in [0, 0.1) is 0 Å². The molecule has 0 bridgehead atoms. The third-order valence-corrected chi connectivity index (χ3v) is 6.28. The Balaban J connectivity index is 1.50. The fourth-order valence-electron chi connectivity index (χ4n) is 4.42. The first-order valence-corrected chi connectivity index (χ1v) is 11.5. The molecule has 6 nitrogen and oxygen atoms in total. The Hall–Kier alpha value is -3.17. The number of rotatable bonds is 4. The van der Waals surface area contributed by atoms with Crippen molar-refractivity contribution in [3.05, 3.63) is 76.0 Å². The summed E-state index contributed by atoms with van der Waals surface area (Å²) in [5.41, 5.74) is 2.70. The molecule has 1 atom stereocenters. The molecule has 0 saturated carbocycles. The molecule has 2 aromatic carbocycles. The number of halogens is 4. The molecule has 3 aliphatic rings. The average Bonchev–Trinajstić information content (AvgIpc) is 3.41. The molecule has 1 aliphatic carbocycles. The van der Waals surface area contributed by atoms with E-state index in [1.54, 1.807) is 0 Å². The maximum Gasteiger partial charge on any atom is 0.492 e. The summed E-state index contributed by atoms with van der Waals surface area (Å²) in [5, 5.41) is 2.18. The van der Waals surface area contributed by atoms with Gasteiger partial charge in [0, 0.05) is 35.4 Å². The van der Waals surface area contributed by atoms with Gasteiger partial charge in [0.25, 0.3) is 5.91 Å². The summed E-state index contributed by atoms with van der Waals surface area (Å²) in [4.78, 5) is 15.4. The van der Waals surface area contributed by atoms with E-state index in [0.29, 0.717) is 38.4 Å². The van der Waals surface area contributed by atoms with Crippen LogP contribution in [0.15, 0.2) is 65.4 Å². The monoisotopic (exact) mass is 506 g/mol. The molecule has 1 fully saturated rings. The zero-order valence-electron chi connectivity index (χ0n) is 18.5. The number of hydrogen-bond acceptors (Lipinski definition) is 5. The molecule has 184 valence electrons. The van der Waals surface area contributed by atoms with Crippen molar-refractivity contribution in [2.24, 2.45) is 0 Å². The number of carbonyl (C=O) groups is 1. The van der Waals surface area contributed by atoms with Crippen molar-refractivity contribution >= 4 is 23.6 Å². The summed E-state index contributed by atoms with van der Waals surface area (Å²) >= 11 is 5.89. The largest absolute Gasteiger partial charge is 0.492 e. The van der Waals surface area contributed by atoms with Crippen LogP contribution >= 0.6 is 11.6 Å². The van der Waals surface area contributed by atoms with Gasteiger partial charge in [-0.2, -0.15) is 13.2 Å². The van der Waals surface area contributed by atoms with Crippen molar-refractivity contribution in [1.82, 2.24) is 10.2 Å². The van der Waals surface area contributed by atoms with Crippen molar-refractivity contribution < 1.29 is 32.2 Å². The minimum Gasteiger partial charge on any atom is -0.424 e. The standard InChI is InChI=1S/C25H22ClF3N2O4/c26-18-7-9-20-21(15-18)35-25(34-20,24(27,28)29)30-23(32)19-8-6-17(14-16-4-2-1-3-5-16)22(19)31-10-12-33-13-11-31/h1-5,7,9,14-15H,6,8,10-13H2,(H,30,32)/b17-14-/t25-/m1/s1. The van der Waals surface area contributed by atoms with Gasteiger partial charge in [0.15, 0.2) is 11.5 Å². The van der Waals surface area contributed by atoms with Crippen LogP contribution < -0.4 is 14.8 Å². The molecule has 1 saturated heterocycles. The van der Waals surface area contributed by atoms with Crippen LogP contribution in [0.5, 0.6) is 11.5 Å². The minimum atomic E-state index is -5.06. The van der Waals surface area contributed by atoms with Gasteiger partial charge in [-0.25, -0.2) is 0 Å². The van der Waals surface area contributed by atoms with Crippen LogP contribution in [0.1, 0.15) is 18.4 Å². The Morgan fingerprint density at radius 2 is 1.74 bits per heavy atom. The fourth-order valence-corrected chi connectivity index (χ4v) is 4.58. The minimum absolute atomic E-state index is 0.162. The van der Waals surface area contributed by atoms with E-state index in [9.17, 15) is 18.0 Å². The molecule has 2 aliphatic heterocycles. The number of ether oxygens (including phenoxy) is 3. The lowest BCUT2D eigenvalue weighted by molar-refractivity contribution is -0.319. The van der Waals surface area contributed by atoms with E-state index < -0.39 is 18.0 Å². The first kappa shape index (κ1) is 23.6. The molecule has 10 heteroatoms. The number of amides is 1. The van der Waals surface area contributed by atoms with Gasteiger partial charge in [-0.3, -0.25) is 10.1 Å². The summed E-state index contributed by atoms with van der Waals surface area (Å²) in [6, 6.07) is 13.4. The number of fused-ring (bicyclic) bond motifs is 1. The lowest BCUT2D eigenvalue weighted by Crippen LogP contribution is -2.65. The second-order valence-corrected chi connectivity index (χ2v) is 8.81. The molecule has 1 amide bonds. The molecular weight excluding hydrogens is 485 g/mol. The van der Waals surface area contributed by atoms with Crippen molar-refractivity contribution in [2.45, 2.75) is 24.9 Å². The van der Waals surface area contributed by atoms with Gasteiger partial charge in [-0.05, 0) is 42.2 Å².